The van der Waals surface area contributed by atoms with E-state index in [2.05, 4.69) is 25.7 Å². The quantitative estimate of drug-likeness (QED) is 0.831. The Labute approximate surface area is 138 Å². The summed E-state index contributed by atoms with van der Waals surface area (Å²) in [5.41, 5.74) is 0.678. The van der Waals surface area contributed by atoms with Crippen molar-refractivity contribution in [3.8, 4) is 5.75 Å². The number of carbonyl (C=O) groups excluding carboxylic acids is 1. The van der Waals surface area contributed by atoms with E-state index in [1.54, 1.807) is 7.11 Å². The number of hydrogen-bond donors (Lipinski definition) is 0. The number of nitrogens with zero attached hydrogens (tertiary/aromatic N) is 1. The molecule has 122 valence electrons. The summed E-state index contributed by atoms with van der Waals surface area (Å²) < 4.78 is 5.59. The first-order valence-corrected chi connectivity index (χ1v) is 8.99. The van der Waals surface area contributed by atoms with Gasteiger partial charge in [0.05, 0.1) is 12.7 Å². The number of methoxy groups -OCH3 is 1. The van der Waals surface area contributed by atoms with Gasteiger partial charge >= 0.3 is 0 Å². The Morgan fingerprint density at radius 3 is 2.73 bits per heavy atom. The summed E-state index contributed by atoms with van der Waals surface area (Å²) in [4.78, 5) is 15.0. The second-order valence-corrected chi connectivity index (χ2v) is 8.62. The van der Waals surface area contributed by atoms with E-state index in [1.807, 2.05) is 36.0 Å². The smallest absolute Gasteiger partial charge is 0.257 e. The van der Waals surface area contributed by atoms with Crippen LogP contribution in [0.5, 0.6) is 5.75 Å². The molecule has 2 rings (SSSR count). The van der Waals surface area contributed by atoms with Gasteiger partial charge in [0.1, 0.15) is 5.75 Å². The minimum Gasteiger partial charge on any atom is -0.496 e. The lowest BCUT2D eigenvalue weighted by Gasteiger charge is -2.37. The average molecular weight is 321 g/mol. The van der Waals surface area contributed by atoms with E-state index >= 15 is 0 Å². The Kier molecular flexibility index (Phi) is 5.79. The molecule has 0 aromatic heterocycles. The Balaban J connectivity index is 2.14. The van der Waals surface area contributed by atoms with Crippen LogP contribution in [0.1, 0.15) is 50.4 Å². The van der Waals surface area contributed by atoms with Gasteiger partial charge in [0.2, 0.25) is 0 Å². The lowest BCUT2D eigenvalue weighted by molar-refractivity contribution is 0.0637. The molecule has 1 fully saturated rings. The number of piperidine rings is 1. The third-order valence-electron chi connectivity index (χ3n) is 3.93. The highest BCUT2D eigenvalue weighted by Crippen LogP contribution is 2.30. The van der Waals surface area contributed by atoms with Gasteiger partial charge in [0.25, 0.3) is 5.91 Å². The number of ether oxygens (including phenoxy) is 1. The van der Waals surface area contributed by atoms with Crippen LogP contribution >= 0.6 is 11.8 Å². The molecular formula is C18H27NO2S. The van der Waals surface area contributed by atoms with Gasteiger partial charge in [-0.3, -0.25) is 4.79 Å². The lowest BCUT2D eigenvalue weighted by Crippen LogP contribution is -2.45. The summed E-state index contributed by atoms with van der Waals surface area (Å²) in [5, 5.41) is 0. The van der Waals surface area contributed by atoms with Gasteiger partial charge < -0.3 is 9.64 Å². The molecule has 1 heterocycles. The maximum Gasteiger partial charge on any atom is 0.257 e. The van der Waals surface area contributed by atoms with Gasteiger partial charge in [-0.1, -0.05) is 32.9 Å². The Morgan fingerprint density at radius 1 is 1.32 bits per heavy atom. The molecule has 1 aliphatic heterocycles. The van der Waals surface area contributed by atoms with Crippen LogP contribution in [0.2, 0.25) is 0 Å². The molecule has 0 spiro atoms. The van der Waals surface area contributed by atoms with Gasteiger partial charge in [-0.15, -0.1) is 0 Å². The van der Waals surface area contributed by atoms with E-state index in [0.717, 1.165) is 25.1 Å². The largest absolute Gasteiger partial charge is 0.496 e. The molecule has 0 saturated carbocycles. The minimum atomic E-state index is 0.108. The molecule has 4 heteroatoms. The number of para-hydroxylation sites is 1. The maximum absolute atomic E-state index is 13.0. The van der Waals surface area contributed by atoms with Gasteiger partial charge in [-0.25, -0.2) is 0 Å². The van der Waals surface area contributed by atoms with Crippen molar-refractivity contribution in [2.24, 2.45) is 0 Å². The third-order valence-corrected chi connectivity index (χ3v) is 5.35. The molecule has 1 unspecified atom stereocenters. The normalized spacial score (nSPS) is 19.1. The highest BCUT2D eigenvalue weighted by molar-refractivity contribution is 8.00. The van der Waals surface area contributed by atoms with Gasteiger partial charge in [0.15, 0.2) is 0 Å². The van der Waals surface area contributed by atoms with Crippen LogP contribution in [0, 0.1) is 0 Å². The fourth-order valence-corrected chi connectivity index (χ4v) is 3.80. The molecule has 1 aliphatic rings. The molecule has 22 heavy (non-hydrogen) atoms. The van der Waals surface area contributed by atoms with Crippen molar-refractivity contribution >= 4 is 17.7 Å². The van der Waals surface area contributed by atoms with Crippen molar-refractivity contribution < 1.29 is 9.53 Å². The van der Waals surface area contributed by atoms with Crippen molar-refractivity contribution in [1.82, 2.24) is 4.90 Å². The van der Waals surface area contributed by atoms with Gasteiger partial charge in [0, 0.05) is 23.1 Å². The lowest BCUT2D eigenvalue weighted by atomic mass is 10.0. The molecule has 1 aromatic rings. The molecule has 3 nitrogen and oxygen atoms in total. The number of rotatable bonds is 4. The van der Waals surface area contributed by atoms with E-state index < -0.39 is 0 Å². The van der Waals surface area contributed by atoms with E-state index in [1.165, 1.54) is 6.42 Å². The number of hydrogen-bond acceptors (Lipinski definition) is 3. The number of benzene rings is 1. The molecule has 1 atom stereocenters. The zero-order valence-electron chi connectivity index (χ0n) is 14.1. The summed E-state index contributed by atoms with van der Waals surface area (Å²) >= 11 is 1.94. The van der Waals surface area contributed by atoms with Crippen molar-refractivity contribution in [2.45, 2.75) is 50.8 Å². The Morgan fingerprint density at radius 2 is 2.05 bits per heavy atom. The van der Waals surface area contributed by atoms with E-state index in [-0.39, 0.29) is 10.7 Å². The first kappa shape index (κ1) is 17.2. The third kappa shape index (κ3) is 4.42. The Hall–Kier alpha value is -1.16. The van der Waals surface area contributed by atoms with Crippen LogP contribution in [0.4, 0.5) is 0 Å². The number of carbonyl (C=O) groups is 1. The van der Waals surface area contributed by atoms with Crippen molar-refractivity contribution in [3.63, 3.8) is 0 Å². The van der Waals surface area contributed by atoms with Gasteiger partial charge in [-0.2, -0.15) is 11.8 Å². The summed E-state index contributed by atoms with van der Waals surface area (Å²) in [7, 11) is 1.62. The fourth-order valence-electron chi connectivity index (χ4n) is 2.76. The molecule has 0 N–H and O–H groups in total. The summed E-state index contributed by atoms with van der Waals surface area (Å²) in [6.45, 7) is 7.54. The first-order chi connectivity index (χ1) is 10.4. The topological polar surface area (TPSA) is 29.5 Å². The number of likely N-dealkylation sites (tertiary alicyclic amines) is 1. The molecular weight excluding hydrogens is 294 g/mol. The second kappa shape index (κ2) is 7.40. The second-order valence-electron chi connectivity index (χ2n) is 6.77. The summed E-state index contributed by atoms with van der Waals surface area (Å²) in [5.74, 6) is 1.78. The molecule has 0 aliphatic carbocycles. The van der Waals surface area contributed by atoms with Crippen LogP contribution in [0.15, 0.2) is 24.3 Å². The van der Waals surface area contributed by atoms with Crippen LogP contribution in [0.3, 0.4) is 0 Å². The fraction of sp³-hybridized carbons (Fsp3) is 0.611. The predicted octanol–water partition coefficient (Wildman–Crippen LogP) is 4.22. The number of thioether (sulfide) groups is 1. The minimum absolute atomic E-state index is 0.108. The predicted molar refractivity (Wildman–Crippen MR) is 93.9 cm³/mol. The van der Waals surface area contributed by atoms with Gasteiger partial charge in [-0.05, 0) is 31.4 Å². The summed E-state index contributed by atoms with van der Waals surface area (Å²) in [6, 6.07) is 7.85. The zero-order chi connectivity index (χ0) is 16.2. The van der Waals surface area contributed by atoms with Crippen LogP contribution < -0.4 is 4.74 Å². The molecule has 0 bridgehead atoms. The highest BCUT2D eigenvalue weighted by Gasteiger charge is 2.29. The first-order valence-electron chi connectivity index (χ1n) is 8.00. The monoisotopic (exact) mass is 321 g/mol. The van der Waals surface area contributed by atoms with Crippen LogP contribution in [-0.2, 0) is 0 Å². The standard InChI is InChI=1S/C18H27NO2S/c1-18(2,3)22-13-14-9-7-8-12-19(14)17(20)15-10-5-6-11-16(15)21-4/h5-6,10-11,14H,7-9,12-13H2,1-4H3. The molecule has 0 radical (unpaired) electrons. The molecule has 1 amide bonds. The SMILES string of the molecule is COc1ccccc1C(=O)N1CCCCC1CSC(C)(C)C. The Bertz CT molecular complexity index is 510. The zero-order valence-corrected chi connectivity index (χ0v) is 14.9. The van der Waals surface area contributed by atoms with Crippen LogP contribution in [-0.4, -0.2) is 41.0 Å². The van der Waals surface area contributed by atoms with Crippen molar-refractivity contribution in [2.75, 3.05) is 19.4 Å². The number of amides is 1. The summed E-state index contributed by atoms with van der Waals surface area (Å²) in [6.07, 6.45) is 3.41. The van der Waals surface area contributed by atoms with Crippen molar-refractivity contribution in [3.05, 3.63) is 29.8 Å². The average Bonchev–Trinajstić information content (AvgIpc) is 2.51. The highest BCUT2D eigenvalue weighted by atomic mass is 32.2. The van der Waals surface area contributed by atoms with E-state index in [4.69, 9.17) is 4.74 Å². The van der Waals surface area contributed by atoms with E-state index in [0.29, 0.717) is 17.4 Å². The molecule has 1 saturated heterocycles. The maximum atomic E-state index is 13.0. The van der Waals surface area contributed by atoms with Crippen LogP contribution in [0.25, 0.3) is 0 Å². The van der Waals surface area contributed by atoms with E-state index in [9.17, 15) is 4.79 Å². The van der Waals surface area contributed by atoms with Crippen molar-refractivity contribution in [1.29, 1.82) is 0 Å². The molecule has 1 aromatic carbocycles.